The first kappa shape index (κ1) is 14.7. The topological polar surface area (TPSA) is 36.4 Å². The van der Waals surface area contributed by atoms with E-state index in [2.05, 4.69) is 40.1 Å². The standard InChI is InChI=1S/C10H17N3S.HI/c1-8(9-5-4-6-14-9)7-13-10(11-2)12-3;/h4-6,8H,7H2,1-3H3,(H2,11,12,13);1H. The molecule has 2 N–H and O–H groups in total. The van der Waals surface area contributed by atoms with Crippen molar-refractivity contribution in [3.05, 3.63) is 22.4 Å². The van der Waals surface area contributed by atoms with Crippen molar-refractivity contribution < 1.29 is 0 Å². The van der Waals surface area contributed by atoms with Gasteiger partial charge >= 0.3 is 0 Å². The Morgan fingerprint density at radius 2 is 2.33 bits per heavy atom. The molecule has 0 aliphatic carbocycles. The van der Waals surface area contributed by atoms with Crippen LogP contribution in [0, 0.1) is 0 Å². The van der Waals surface area contributed by atoms with Crippen LogP contribution in [0.4, 0.5) is 0 Å². The number of rotatable bonds is 3. The van der Waals surface area contributed by atoms with Crippen LogP contribution >= 0.6 is 35.3 Å². The van der Waals surface area contributed by atoms with Gasteiger partial charge < -0.3 is 10.6 Å². The van der Waals surface area contributed by atoms with Crippen LogP contribution in [0.2, 0.25) is 0 Å². The van der Waals surface area contributed by atoms with Crippen molar-refractivity contribution in [3.8, 4) is 0 Å². The van der Waals surface area contributed by atoms with E-state index < -0.39 is 0 Å². The Morgan fingerprint density at radius 1 is 1.60 bits per heavy atom. The molecule has 86 valence electrons. The number of nitrogens with zero attached hydrogens (tertiary/aromatic N) is 1. The molecule has 0 saturated heterocycles. The molecule has 0 aliphatic rings. The van der Waals surface area contributed by atoms with Crippen LogP contribution in [-0.2, 0) is 0 Å². The molecule has 5 heteroatoms. The summed E-state index contributed by atoms with van der Waals surface area (Å²) < 4.78 is 0. The maximum absolute atomic E-state index is 4.06. The van der Waals surface area contributed by atoms with Gasteiger partial charge in [-0.05, 0) is 11.4 Å². The van der Waals surface area contributed by atoms with Crippen molar-refractivity contribution in [2.24, 2.45) is 4.99 Å². The molecule has 0 saturated carbocycles. The highest BCUT2D eigenvalue weighted by Gasteiger charge is 2.06. The maximum Gasteiger partial charge on any atom is 0.190 e. The molecule has 1 rings (SSSR count). The molecule has 0 bridgehead atoms. The zero-order valence-electron chi connectivity index (χ0n) is 9.28. The lowest BCUT2D eigenvalue weighted by Gasteiger charge is -2.12. The highest BCUT2D eigenvalue weighted by Crippen LogP contribution is 2.19. The summed E-state index contributed by atoms with van der Waals surface area (Å²) in [6.45, 7) is 3.12. The Bertz CT molecular complexity index is 285. The summed E-state index contributed by atoms with van der Waals surface area (Å²) >= 11 is 1.80. The van der Waals surface area contributed by atoms with E-state index in [1.165, 1.54) is 4.88 Å². The van der Waals surface area contributed by atoms with Gasteiger partial charge in [0, 0.05) is 31.4 Å². The fraction of sp³-hybridized carbons (Fsp3) is 0.500. The lowest BCUT2D eigenvalue weighted by Crippen LogP contribution is -2.36. The van der Waals surface area contributed by atoms with Crippen LogP contribution in [-0.4, -0.2) is 26.6 Å². The van der Waals surface area contributed by atoms with Crippen LogP contribution in [0.25, 0.3) is 0 Å². The van der Waals surface area contributed by atoms with Crippen LogP contribution in [0.3, 0.4) is 0 Å². The lowest BCUT2D eigenvalue weighted by molar-refractivity contribution is 0.719. The number of guanidine groups is 1. The molecule has 0 spiro atoms. The van der Waals surface area contributed by atoms with E-state index in [4.69, 9.17) is 0 Å². The minimum absolute atomic E-state index is 0. The summed E-state index contributed by atoms with van der Waals surface area (Å²) in [7, 11) is 3.64. The summed E-state index contributed by atoms with van der Waals surface area (Å²) in [5.41, 5.74) is 0. The molecule has 1 unspecified atom stereocenters. The van der Waals surface area contributed by atoms with Crippen LogP contribution in [0.15, 0.2) is 22.5 Å². The van der Waals surface area contributed by atoms with Gasteiger partial charge in [-0.15, -0.1) is 35.3 Å². The number of hydrogen-bond acceptors (Lipinski definition) is 2. The summed E-state index contributed by atoms with van der Waals surface area (Å²) in [6.07, 6.45) is 0. The molecule has 3 nitrogen and oxygen atoms in total. The van der Waals surface area contributed by atoms with E-state index in [9.17, 15) is 0 Å². The van der Waals surface area contributed by atoms with Gasteiger partial charge in [0.2, 0.25) is 0 Å². The number of hydrogen-bond donors (Lipinski definition) is 2. The molecule has 0 amide bonds. The molecule has 0 radical (unpaired) electrons. The minimum Gasteiger partial charge on any atom is -0.359 e. The largest absolute Gasteiger partial charge is 0.359 e. The van der Waals surface area contributed by atoms with Crippen molar-refractivity contribution >= 4 is 41.3 Å². The Morgan fingerprint density at radius 3 is 2.80 bits per heavy atom. The Balaban J connectivity index is 0.00000196. The first-order valence-electron chi connectivity index (χ1n) is 4.69. The predicted molar refractivity (Wildman–Crippen MR) is 78.6 cm³/mol. The van der Waals surface area contributed by atoms with Crippen LogP contribution in [0.5, 0.6) is 0 Å². The fourth-order valence-corrected chi connectivity index (χ4v) is 1.99. The average Bonchev–Trinajstić information content (AvgIpc) is 2.72. The van der Waals surface area contributed by atoms with Crippen molar-refractivity contribution in [2.75, 3.05) is 20.6 Å². The van der Waals surface area contributed by atoms with Gasteiger partial charge in [0.05, 0.1) is 0 Å². The number of thiophene rings is 1. The van der Waals surface area contributed by atoms with E-state index in [0.29, 0.717) is 5.92 Å². The zero-order chi connectivity index (χ0) is 10.4. The van der Waals surface area contributed by atoms with Crippen molar-refractivity contribution in [2.45, 2.75) is 12.8 Å². The number of nitrogens with one attached hydrogen (secondary N) is 2. The molecule has 1 atom stereocenters. The van der Waals surface area contributed by atoms with Gasteiger partial charge in [0.1, 0.15) is 0 Å². The number of aliphatic imine (C=N–C) groups is 1. The van der Waals surface area contributed by atoms with Crippen molar-refractivity contribution in [1.29, 1.82) is 0 Å². The SMILES string of the molecule is CN=C(NC)NCC(C)c1cccs1.I. The summed E-state index contributed by atoms with van der Waals surface area (Å²) in [6, 6.07) is 4.25. The van der Waals surface area contributed by atoms with E-state index in [0.717, 1.165) is 12.5 Å². The molecule has 15 heavy (non-hydrogen) atoms. The van der Waals surface area contributed by atoms with E-state index in [-0.39, 0.29) is 24.0 Å². The van der Waals surface area contributed by atoms with Gasteiger partial charge in [0.15, 0.2) is 5.96 Å². The molecule has 0 aliphatic heterocycles. The van der Waals surface area contributed by atoms with Crippen LogP contribution < -0.4 is 10.6 Å². The molecule has 0 fully saturated rings. The van der Waals surface area contributed by atoms with E-state index in [1.807, 2.05) is 7.05 Å². The fourth-order valence-electron chi connectivity index (χ4n) is 1.20. The van der Waals surface area contributed by atoms with Gasteiger partial charge in [-0.25, -0.2) is 0 Å². The number of halogens is 1. The molecular formula is C10H18IN3S. The molecule has 0 aromatic carbocycles. The summed E-state index contributed by atoms with van der Waals surface area (Å²) in [5, 5.41) is 8.36. The first-order chi connectivity index (χ1) is 6.77. The monoisotopic (exact) mass is 339 g/mol. The summed E-state index contributed by atoms with van der Waals surface area (Å²) in [5.74, 6) is 1.37. The van der Waals surface area contributed by atoms with Crippen LogP contribution in [0.1, 0.15) is 17.7 Å². The molecule has 1 heterocycles. The summed E-state index contributed by atoms with van der Waals surface area (Å²) in [4.78, 5) is 5.46. The smallest absolute Gasteiger partial charge is 0.190 e. The second kappa shape index (κ2) is 7.92. The third-order valence-electron chi connectivity index (χ3n) is 2.06. The lowest BCUT2D eigenvalue weighted by atomic mass is 10.1. The normalized spacial score (nSPS) is 12.9. The third-order valence-corrected chi connectivity index (χ3v) is 3.17. The maximum atomic E-state index is 4.06. The van der Waals surface area contributed by atoms with Gasteiger partial charge in [-0.1, -0.05) is 13.0 Å². The van der Waals surface area contributed by atoms with Gasteiger partial charge in [-0.3, -0.25) is 4.99 Å². The Kier molecular flexibility index (Phi) is 7.76. The van der Waals surface area contributed by atoms with E-state index >= 15 is 0 Å². The molecule has 1 aromatic heterocycles. The van der Waals surface area contributed by atoms with E-state index in [1.54, 1.807) is 18.4 Å². The zero-order valence-corrected chi connectivity index (χ0v) is 12.4. The predicted octanol–water partition coefficient (Wildman–Crippen LogP) is 2.26. The average molecular weight is 339 g/mol. The Hall–Kier alpha value is -0.300. The first-order valence-corrected chi connectivity index (χ1v) is 5.57. The van der Waals surface area contributed by atoms with Gasteiger partial charge in [0.25, 0.3) is 0 Å². The van der Waals surface area contributed by atoms with Gasteiger partial charge in [-0.2, -0.15) is 0 Å². The second-order valence-corrected chi connectivity index (χ2v) is 4.10. The molecule has 1 aromatic rings. The second-order valence-electron chi connectivity index (χ2n) is 3.12. The van der Waals surface area contributed by atoms with Crippen molar-refractivity contribution in [1.82, 2.24) is 10.6 Å². The highest BCUT2D eigenvalue weighted by atomic mass is 127. The molecular weight excluding hydrogens is 321 g/mol. The third kappa shape index (κ3) is 4.83. The minimum atomic E-state index is 0. The Labute approximate surface area is 112 Å². The quantitative estimate of drug-likeness (QED) is 0.504. The highest BCUT2D eigenvalue weighted by molar-refractivity contribution is 14.0. The van der Waals surface area contributed by atoms with Crippen molar-refractivity contribution in [3.63, 3.8) is 0 Å².